The number of nitrogens with zero attached hydrogens (tertiary/aromatic N) is 2. The summed E-state index contributed by atoms with van der Waals surface area (Å²) in [5.41, 5.74) is 7.02. The van der Waals surface area contributed by atoms with Crippen LogP contribution in [0.15, 0.2) is 38.7 Å². The predicted molar refractivity (Wildman–Crippen MR) is 84.9 cm³/mol. The lowest BCUT2D eigenvalue weighted by Gasteiger charge is -2.20. The molecule has 1 aromatic heterocycles. The Labute approximate surface area is 130 Å². The van der Waals surface area contributed by atoms with Crippen LogP contribution in [-0.4, -0.2) is 20.8 Å². The molecule has 0 amide bonds. The van der Waals surface area contributed by atoms with Gasteiger partial charge in [-0.05, 0) is 31.5 Å². The molecule has 0 aliphatic rings. The summed E-state index contributed by atoms with van der Waals surface area (Å²) in [6.45, 7) is 4.46. The number of hydrogen-bond donors (Lipinski definition) is 2. The smallest absolute Gasteiger partial charge is 0.327 e. The molecule has 2 rings (SSSR count). The van der Waals surface area contributed by atoms with Crippen LogP contribution < -0.4 is 11.4 Å². The topological polar surface area (TPSA) is 76.7 Å². The summed E-state index contributed by atoms with van der Waals surface area (Å²) in [5.74, 6) is 0. The summed E-state index contributed by atoms with van der Waals surface area (Å²) in [6, 6.07) is 7.97. The standard InChI is InChI=1S/C13H17BrN4OS/c1-3-18-12(19)16-17-13(18)20-11(8(2)15)9-5-4-6-10(14)7-9/h4-8,11H,3,15H2,1-2H3,(H,16,19). The maximum Gasteiger partial charge on any atom is 0.343 e. The third-order valence-electron chi connectivity index (χ3n) is 2.93. The first-order valence-electron chi connectivity index (χ1n) is 6.35. The first-order valence-corrected chi connectivity index (χ1v) is 8.03. The van der Waals surface area contributed by atoms with Gasteiger partial charge in [0, 0.05) is 17.1 Å². The van der Waals surface area contributed by atoms with E-state index in [1.165, 1.54) is 11.8 Å². The number of rotatable bonds is 5. The Bertz CT molecular complexity index is 637. The third kappa shape index (κ3) is 3.34. The molecule has 0 aliphatic carbocycles. The second-order valence-corrected chi connectivity index (χ2v) is 6.53. The van der Waals surface area contributed by atoms with E-state index in [4.69, 9.17) is 5.73 Å². The van der Waals surface area contributed by atoms with Crippen LogP contribution >= 0.6 is 27.7 Å². The van der Waals surface area contributed by atoms with Crippen molar-refractivity contribution in [1.82, 2.24) is 14.8 Å². The molecule has 0 saturated carbocycles. The molecular weight excluding hydrogens is 340 g/mol. The van der Waals surface area contributed by atoms with Gasteiger partial charge in [0.05, 0.1) is 5.25 Å². The van der Waals surface area contributed by atoms with E-state index >= 15 is 0 Å². The minimum absolute atomic E-state index is 0.0352. The number of nitrogens with one attached hydrogen (secondary N) is 1. The number of benzene rings is 1. The first kappa shape index (κ1) is 15.3. The Hall–Kier alpha value is -1.05. The molecule has 2 atom stereocenters. The highest BCUT2D eigenvalue weighted by Crippen LogP contribution is 2.36. The summed E-state index contributed by atoms with van der Waals surface area (Å²) in [4.78, 5) is 11.6. The van der Waals surface area contributed by atoms with Gasteiger partial charge < -0.3 is 5.73 Å². The van der Waals surface area contributed by atoms with Gasteiger partial charge in [0.1, 0.15) is 0 Å². The molecule has 0 aliphatic heterocycles. The van der Waals surface area contributed by atoms with Crippen molar-refractivity contribution in [3.8, 4) is 0 Å². The molecule has 2 unspecified atom stereocenters. The van der Waals surface area contributed by atoms with Crippen molar-refractivity contribution in [3.05, 3.63) is 44.8 Å². The quantitative estimate of drug-likeness (QED) is 0.807. The molecule has 7 heteroatoms. The normalized spacial score (nSPS) is 14.2. The molecular formula is C13H17BrN4OS. The van der Waals surface area contributed by atoms with Crippen molar-refractivity contribution in [1.29, 1.82) is 0 Å². The lowest BCUT2D eigenvalue weighted by molar-refractivity contribution is 0.652. The number of H-pyrrole nitrogens is 1. The van der Waals surface area contributed by atoms with Gasteiger partial charge in [-0.3, -0.25) is 4.57 Å². The molecule has 20 heavy (non-hydrogen) atoms. The van der Waals surface area contributed by atoms with E-state index in [9.17, 15) is 4.79 Å². The molecule has 0 spiro atoms. The zero-order chi connectivity index (χ0) is 14.7. The molecule has 5 nitrogen and oxygen atoms in total. The highest BCUT2D eigenvalue weighted by Gasteiger charge is 2.21. The third-order valence-corrected chi connectivity index (χ3v) is 4.90. The Morgan fingerprint density at radius 1 is 1.55 bits per heavy atom. The number of halogens is 1. The number of aromatic amines is 1. The van der Waals surface area contributed by atoms with Gasteiger partial charge in [0.2, 0.25) is 0 Å². The zero-order valence-corrected chi connectivity index (χ0v) is 13.7. The van der Waals surface area contributed by atoms with Crippen molar-refractivity contribution >= 4 is 27.7 Å². The van der Waals surface area contributed by atoms with Gasteiger partial charge in [-0.1, -0.05) is 39.8 Å². The molecule has 0 saturated heterocycles. The number of hydrogen-bond acceptors (Lipinski definition) is 4. The summed E-state index contributed by atoms with van der Waals surface area (Å²) in [7, 11) is 0. The number of aromatic nitrogens is 3. The molecule has 0 bridgehead atoms. The molecule has 1 heterocycles. The van der Waals surface area contributed by atoms with Crippen LogP contribution in [0.1, 0.15) is 24.7 Å². The van der Waals surface area contributed by atoms with Crippen LogP contribution in [0.4, 0.5) is 0 Å². The van der Waals surface area contributed by atoms with E-state index in [-0.39, 0.29) is 17.0 Å². The SMILES string of the molecule is CCn1c(SC(c2cccc(Br)c2)C(C)N)n[nH]c1=O. The lowest BCUT2D eigenvalue weighted by Crippen LogP contribution is -2.23. The van der Waals surface area contributed by atoms with Crippen molar-refractivity contribution in [2.75, 3.05) is 0 Å². The van der Waals surface area contributed by atoms with Crippen molar-refractivity contribution in [2.45, 2.75) is 36.8 Å². The van der Waals surface area contributed by atoms with E-state index in [2.05, 4.69) is 26.1 Å². The molecule has 3 N–H and O–H groups in total. The molecule has 1 aromatic carbocycles. The maximum absolute atomic E-state index is 11.6. The first-order chi connectivity index (χ1) is 9.52. The van der Waals surface area contributed by atoms with E-state index in [1.807, 2.05) is 38.1 Å². The molecule has 2 aromatic rings. The van der Waals surface area contributed by atoms with Gasteiger partial charge in [-0.2, -0.15) is 0 Å². The lowest BCUT2D eigenvalue weighted by atomic mass is 10.1. The Kier molecular flexibility index (Phi) is 5.06. The highest BCUT2D eigenvalue weighted by atomic mass is 79.9. The average molecular weight is 357 g/mol. The van der Waals surface area contributed by atoms with Crippen LogP contribution in [0, 0.1) is 0 Å². The van der Waals surface area contributed by atoms with Crippen LogP contribution in [0.3, 0.4) is 0 Å². The van der Waals surface area contributed by atoms with Crippen molar-refractivity contribution in [3.63, 3.8) is 0 Å². The second kappa shape index (κ2) is 6.60. The molecule has 0 radical (unpaired) electrons. The highest BCUT2D eigenvalue weighted by molar-refractivity contribution is 9.10. The minimum atomic E-state index is -0.187. The van der Waals surface area contributed by atoms with Crippen LogP contribution in [-0.2, 0) is 6.54 Å². The zero-order valence-electron chi connectivity index (χ0n) is 11.3. The van der Waals surface area contributed by atoms with Gasteiger partial charge in [-0.15, -0.1) is 5.10 Å². The fourth-order valence-corrected chi connectivity index (χ4v) is 3.53. The monoisotopic (exact) mass is 356 g/mol. The predicted octanol–water partition coefficient (Wildman–Crippen LogP) is 2.53. The largest absolute Gasteiger partial charge is 0.343 e. The summed E-state index contributed by atoms with van der Waals surface area (Å²) in [6.07, 6.45) is 0. The number of nitrogens with two attached hydrogens (primary N) is 1. The van der Waals surface area contributed by atoms with Gasteiger partial charge >= 0.3 is 5.69 Å². The number of thioether (sulfide) groups is 1. The second-order valence-electron chi connectivity index (χ2n) is 4.51. The fourth-order valence-electron chi connectivity index (χ4n) is 1.95. The summed E-state index contributed by atoms with van der Waals surface area (Å²) < 4.78 is 2.62. The van der Waals surface area contributed by atoms with Crippen LogP contribution in [0.25, 0.3) is 0 Å². The van der Waals surface area contributed by atoms with Crippen molar-refractivity contribution in [2.24, 2.45) is 5.73 Å². The molecule has 0 fully saturated rings. The average Bonchev–Trinajstić information content (AvgIpc) is 2.75. The van der Waals surface area contributed by atoms with Gasteiger partial charge in [0.15, 0.2) is 5.16 Å². The fraction of sp³-hybridized carbons (Fsp3) is 0.385. The van der Waals surface area contributed by atoms with Gasteiger partial charge in [0.25, 0.3) is 0 Å². The van der Waals surface area contributed by atoms with Gasteiger partial charge in [-0.25, -0.2) is 9.89 Å². The maximum atomic E-state index is 11.6. The summed E-state index contributed by atoms with van der Waals surface area (Å²) in [5, 5.41) is 7.26. The minimum Gasteiger partial charge on any atom is -0.327 e. The van der Waals surface area contributed by atoms with E-state index in [0.717, 1.165) is 10.0 Å². The van der Waals surface area contributed by atoms with E-state index in [0.29, 0.717) is 11.7 Å². The van der Waals surface area contributed by atoms with Crippen molar-refractivity contribution < 1.29 is 0 Å². The summed E-state index contributed by atoms with van der Waals surface area (Å²) >= 11 is 4.98. The van der Waals surface area contributed by atoms with E-state index < -0.39 is 0 Å². The Morgan fingerprint density at radius 3 is 2.90 bits per heavy atom. The van der Waals surface area contributed by atoms with Crippen LogP contribution in [0.5, 0.6) is 0 Å². The van der Waals surface area contributed by atoms with Crippen LogP contribution in [0.2, 0.25) is 0 Å². The Morgan fingerprint density at radius 2 is 2.30 bits per heavy atom. The Balaban J connectivity index is 2.33. The molecule has 108 valence electrons. The van der Waals surface area contributed by atoms with E-state index in [1.54, 1.807) is 4.57 Å².